The molecule has 0 aliphatic carbocycles. The Labute approximate surface area is 169 Å². The number of halogens is 1. The van der Waals surface area contributed by atoms with E-state index in [9.17, 15) is 0 Å². The predicted octanol–water partition coefficient (Wildman–Crippen LogP) is 4.85. The molecule has 0 bridgehead atoms. The quantitative estimate of drug-likeness (QED) is 0.565. The van der Waals surface area contributed by atoms with E-state index in [1.54, 1.807) is 14.2 Å². The zero-order valence-corrected chi connectivity index (χ0v) is 16.9. The van der Waals surface area contributed by atoms with Crippen LogP contribution in [0.2, 0.25) is 5.02 Å². The number of benzene rings is 2. The van der Waals surface area contributed by atoms with E-state index in [0.717, 1.165) is 34.9 Å². The first kappa shape index (κ1) is 19.8. The molecule has 0 fully saturated rings. The molecule has 0 atom stereocenters. The molecule has 7 heteroatoms. The molecule has 3 aromatic rings. The molecule has 2 N–H and O–H groups in total. The van der Waals surface area contributed by atoms with Crippen molar-refractivity contribution in [1.82, 2.24) is 9.97 Å². The molecule has 0 amide bonds. The minimum absolute atomic E-state index is 0.565. The lowest BCUT2D eigenvalue weighted by Crippen LogP contribution is -2.10. The molecule has 1 aromatic heterocycles. The number of hydrogen-bond donors (Lipinski definition) is 2. The van der Waals surface area contributed by atoms with Gasteiger partial charge in [-0.3, -0.25) is 0 Å². The molecule has 28 heavy (non-hydrogen) atoms. The number of ether oxygens (including phenoxy) is 2. The Morgan fingerprint density at radius 2 is 1.75 bits per heavy atom. The fourth-order valence-corrected chi connectivity index (χ4v) is 2.95. The topological polar surface area (TPSA) is 68.3 Å². The lowest BCUT2D eigenvalue weighted by atomic mass is 10.1. The number of nitrogens with zero attached hydrogens (tertiary/aromatic N) is 2. The lowest BCUT2D eigenvalue weighted by molar-refractivity contribution is 0.354. The summed E-state index contributed by atoms with van der Waals surface area (Å²) in [6.07, 6.45) is 0.797. The van der Waals surface area contributed by atoms with Gasteiger partial charge >= 0.3 is 0 Å². The third-order valence-corrected chi connectivity index (χ3v) is 4.47. The highest BCUT2D eigenvalue weighted by Crippen LogP contribution is 2.28. The Balaban J connectivity index is 1.65. The van der Waals surface area contributed by atoms with Crippen LogP contribution in [0.4, 0.5) is 17.5 Å². The van der Waals surface area contributed by atoms with Crippen molar-refractivity contribution in [2.75, 3.05) is 31.4 Å². The monoisotopic (exact) mass is 398 g/mol. The predicted molar refractivity (Wildman–Crippen MR) is 113 cm³/mol. The Kier molecular flexibility index (Phi) is 6.55. The molecular formula is C21H23ClN4O2. The van der Waals surface area contributed by atoms with Crippen LogP contribution in [0.15, 0.2) is 48.5 Å². The summed E-state index contributed by atoms with van der Waals surface area (Å²) in [6.45, 7) is 2.61. The summed E-state index contributed by atoms with van der Waals surface area (Å²) in [6, 6.07) is 15.3. The summed E-state index contributed by atoms with van der Waals surface area (Å²) in [5.41, 5.74) is 2.80. The van der Waals surface area contributed by atoms with Crippen LogP contribution in [0, 0.1) is 6.92 Å². The second-order valence-electron chi connectivity index (χ2n) is 6.19. The fourth-order valence-electron chi connectivity index (χ4n) is 2.77. The van der Waals surface area contributed by atoms with Crippen LogP contribution in [0.5, 0.6) is 11.5 Å². The molecule has 0 aliphatic rings. The summed E-state index contributed by atoms with van der Waals surface area (Å²) in [5, 5.41) is 7.15. The first-order valence-corrected chi connectivity index (χ1v) is 9.29. The van der Waals surface area contributed by atoms with Crippen LogP contribution in [0.3, 0.4) is 0 Å². The van der Waals surface area contributed by atoms with E-state index in [1.807, 2.05) is 55.5 Å². The van der Waals surface area contributed by atoms with Gasteiger partial charge in [0.2, 0.25) is 5.95 Å². The number of rotatable bonds is 8. The van der Waals surface area contributed by atoms with Gasteiger partial charge in [-0.1, -0.05) is 29.8 Å². The van der Waals surface area contributed by atoms with Gasteiger partial charge < -0.3 is 20.1 Å². The van der Waals surface area contributed by atoms with Crippen molar-refractivity contribution in [2.24, 2.45) is 0 Å². The third-order valence-electron chi connectivity index (χ3n) is 4.14. The summed E-state index contributed by atoms with van der Waals surface area (Å²) < 4.78 is 10.6. The van der Waals surface area contributed by atoms with Crippen LogP contribution in [0.25, 0.3) is 0 Å². The van der Waals surface area contributed by atoms with E-state index in [-0.39, 0.29) is 0 Å². The Morgan fingerprint density at radius 3 is 2.50 bits per heavy atom. The van der Waals surface area contributed by atoms with Crippen LogP contribution in [-0.4, -0.2) is 30.7 Å². The van der Waals surface area contributed by atoms with Crippen molar-refractivity contribution < 1.29 is 9.47 Å². The molecule has 0 radical (unpaired) electrons. The molecule has 146 valence electrons. The lowest BCUT2D eigenvalue weighted by Gasteiger charge is -2.12. The van der Waals surface area contributed by atoms with Gasteiger partial charge in [0.1, 0.15) is 5.82 Å². The van der Waals surface area contributed by atoms with Gasteiger partial charge in [-0.25, -0.2) is 4.98 Å². The molecule has 1 heterocycles. The van der Waals surface area contributed by atoms with E-state index < -0.39 is 0 Å². The number of anilines is 3. The summed E-state index contributed by atoms with van der Waals surface area (Å²) in [7, 11) is 3.26. The normalized spacial score (nSPS) is 10.4. The van der Waals surface area contributed by atoms with E-state index in [4.69, 9.17) is 21.1 Å². The smallest absolute Gasteiger partial charge is 0.224 e. The molecule has 0 unspecified atom stereocenters. The molecule has 0 aliphatic heterocycles. The number of hydrogen-bond acceptors (Lipinski definition) is 6. The maximum Gasteiger partial charge on any atom is 0.224 e. The average molecular weight is 399 g/mol. The van der Waals surface area contributed by atoms with Crippen molar-refractivity contribution in [2.45, 2.75) is 13.3 Å². The first-order valence-electron chi connectivity index (χ1n) is 8.91. The van der Waals surface area contributed by atoms with Crippen molar-refractivity contribution in [1.29, 1.82) is 0 Å². The maximum atomic E-state index is 6.21. The highest BCUT2D eigenvalue weighted by Gasteiger charge is 2.07. The van der Waals surface area contributed by atoms with E-state index in [0.29, 0.717) is 23.3 Å². The number of aromatic nitrogens is 2. The molecule has 0 saturated carbocycles. The fraction of sp³-hybridized carbons (Fsp3) is 0.238. The average Bonchev–Trinajstić information content (AvgIpc) is 2.69. The Morgan fingerprint density at radius 1 is 0.964 bits per heavy atom. The zero-order chi connectivity index (χ0) is 19.9. The number of aryl methyl sites for hydroxylation is 1. The van der Waals surface area contributed by atoms with E-state index >= 15 is 0 Å². The minimum atomic E-state index is 0.565. The van der Waals surface area contributed by atoms with Gasteiger partial charge in [-0.15, -0.1) is 0 Å². The first-order chi connectivity index (χ1) is 13.6. The van der Waals surface area contributed by atoms with Crippen LogP contribution in [0.1, 0.15) is 11.3 Å². The number of methoxy groups -OCH3 is 2. The van der Waals surface area contributed by atoms with Gasteiger partial charge in [0.15, 0.2) is 11.5 Å². The van der Waals surface area contributed by atoms with Crippen molar-refractivity contribution in [3.8, 4) is 11.5 Å². The zero-order valence-electron chi connectivity index (χ0n) is 16.1. The molecule has 3 rings (SSSR count). The number of nitrogens with one attached hydrogen (secondary N) is 2. The largest absolute Gasteiger partial charge is 0.493 e. The van der Waals surface area contributed by atoms with Crippen molar-refractivity contribution in [3.05, 3.63) is 64.8 Å². The van der Waals surface area contributed by atoms with Gasteiger partial charge in [-0.05, 0) is 43.2 Å². The van der Waals surface area contributed by atoms with E-state index in [2.05, 4.69) is 20.6 Å². The van der Waals surface area contributed by atoms with Crippen LogP contribution >= 0.6 is 11.6 Å². The second kappa shape index (κ2) is 9.28. The molecule has 2 aromatic carbocycles. The standard InChI is InChI=1S/C21H23ClN4O2/c1-14-12-20(25-17-7-5-4-6-16(17)22)26-21(24-14)23-11-10-15-8-9-18(27-2)19(13-15)28-3/h4-9,12-13H,10-11H2,1-3H3,(H2,23,24,25,26). The summed E-state index contributed by atoms with van der Waals surface area (Å²) >= 11 is 6.21. The minimum Gasteiger partial charge on any atom is -0.493 e. The molecule has 0 spiro atoms. The molecule has 0 saturated heterocycles. The second-order valence-corrected chi connectivity index (χ2v) is 6.60. The van der Waals surface area contributed by atoms with E-state index in [1.165, 1.54) is 0 Å². The summed E-state index contributed by atoms with van der Waals surface area (Å²) in [5.74, 6) is 2.69. The SMILES string of the molecule is COc1ccc(CCNc2nc(C)cc(Nc3ccccc3Cl)n2)cc1OC. The van der Waals surface area contributed by atoms with Gasteiger partial charge in [-0.2, -0.15) is 4.98 Å². The van der Waals surface area contributed by atoms with Crippen LogP contribution < -0.4 is 20.1 Å². The Bertz CT molecular complexity index is 949. The maximum absolute atomic E-state index is 6.21. The van der Waals surface area contributed by atoms with Gasteiger partial charge in [0.05, 0.1) is 24.9 Å². The Hall–Kier alpha value is -2.99. The van der Waals surface area contributed by atoms with Crippen molar-refractivity contribution in [3.63, 3.8) is 0 Å². The van der Waals surface area contributed by atoms with Gasteiger partial charge in [0, 0.05) is 18.3 Å². The molecular weight excluding hydrogens is 376 g/mol. The third kappa shape index (κ3) is 5.04. The summed E-state index contributed by atoms with van der Waals surface area (Å²) in [4.78, 5) is 8.98. The highest BCUT2D eigenvalue weighted by atomic mass is 35.5. The number of para-hydroxylation sites is 1. The van der Waals surface area contributed by atoms with Gasteiger partial charge in [0.25, 0.3) is 0 Å². The molecule has 6 nitrogen and oxygen atoms in total. The van der Waals surface area contributed by atoms with Crippen LogP contribution in [-0.2, 0) is 6.42 Å². The highest BCUT2D eigenvalue weighted by molar-refractivity contribution is 6.33. The van der Waals surface area contributed by atoms with Crippen molar-refractivity contribution >= 4 is 29.1 Å².